The van der Waals surface area contributed by atoms with Crippen molar-refractivity contribution in [3.63, 3.8) is 0 Å². The van der Waals surface area contributed by atoms with Gasteiger partial charge in [-0.25, -0.2) is 4.79 Å². The maximum atomic E-state index is 11.9. The van der Waals surface area contributed by atoms with Gasteiger partial charge in [0.05, 0.1) is 5.56 Å². The van der Waals surface area contributed by atoms with Gasteiger partial charge in [-0.05, 0) is 45.0 Å². The number of aromatic nitrogens is 1. The van der Waals surface area contributed by atoms with E-state index >= 15 is 0 Å². The minimum absolute atomic E-state index is 0.137. The van der Waals surface area contributed by atoms with Crippen molar-refractivity contribution in [3.8, 4) is 5.88 Å². The molecule has 0 atom stereocenters. The fraction of sp³-hybridized carbons (Fsp3) is 0.316. The number of carbonyl (C=O) groups is 2. The number of rotatable bonds is 7. The lowest BCUT2D eigenvalue weighted by atomic mass is 10.2. The van der Waals surface area contributed by atoms with Crippen LogP contribution >= 0.6 is 0 Å². The molecule has 0 saturated carbocycles. The number of hydrogen-bond donors (Lipinski definition) is 3. The Labute approximate surface area is 156 Å². The quantitative estimate of drug-likeness (QED) is 0.641. The largest absolute Gasteiger partial charge is 0.494 e. The molecule has 3 N–H and O–H groups in total. The summed E-state index contributed by atoms with van der Waals surface area (Å²) in [6.45, 7) is 6.64. The molecular weight excluding hydrogens is 350 g/mol. The number of esters is 1. The lowest BCUT2D eigenvalue weighted by Crippen LogP contribution is -2.30. The highest BCUT2D eigenvalue weighted by Crippen LogP contribution is 2.19. The molecule has 0 unspecified atom stereocenters. The molecule has 2 aromatic rings. The number of pyridine rings is 1. The third-order valence-electron chi connectivity index (χ3n) is 3.85. The van der Waals surface area contributed by atoms with Crippen molar-refractivity contribution in [2.45, 2.75) is 26.8 Å². The van der Waals surface area contributed by atoms with Crippen molar-refractivity contribution in [2.75, 3.05) is 23.4 Å². The fourth-order valence-electron chi connectivity index (χ4n) is 2.64. The van der Waals surface area contributed by atoms with Gasteiger partial charge in [0.15, 0.2) is 12.5 Å². The molecular formula is C19H23N3O5. The van der Waals surface area contributed by atoms with E-state index in [4.69, 9.17) is 4.74 Å². The summed E-state index contributed by atoms with van der Waals surface area (Å²) < 4.78 is 4.86. The molecule has 1 aromatic heterocycles. The number of aromatic hydroxyl groups is 1. The smallest absolute Gasteiger partial charge is 0.339 e. The van der Waals surface area contributed by atoms with Gasteiger partial charge >= 0.3 is 5.97 Å². The molecule has 0 fully saturated rings. The number of hydrogen-bond acceptors (Lipinski definition) is 6. The summed E-state index contributed by atoms with van der Waals surface area (Å²) in [5.74, 6) is -1.85. The number of anilines is 2. The number of aromatic amines is 1. The summed E-state index contributed by atoms with van der Waals surface area (Å²) >= 11 is 0. The zero-order chi connectivity index (χ0) is 20.0. The molecule has 8 heteroatoms. The monoisotopic (exact) mass is 373 g/mol. The van der Waals surface area contributed by atoms with Gasteiger partial charge in [-0.15, -0.1) is 0 Å². The molecule has 144 valence electrons. The molecule has 0 saturated heterocycles. The number of nitrogens with one attached hydrogen (secondary N) is 2. The van der Waals surface area contributed by atoms with Crippen molar-refractivity contribution >= 4 is 23.3 Å². The van der Waals surface area contributed by atoms with E-state index in [9.17, 15) is 19.5 Å². The summed E-state index contributed by atoms with van der Waals surface area (Å²) in [7, 11) is 0. The first-order valence-corrected chi connectivity index (χ1v) is 8.57. The molecule has 2 rings (SSSR count). The highest BCUT2D eigenvalue weighted by atomic mass is 16.5. The SMILES string of the molecule is CCN(c1ccc(NC(=O)COC(=O)c2cc(O)[nH]c(=O)c2)cc1)C(C)C. The zero-order valence-corrected chi connectivity index (χ0v) is 15.5. The predicted octanol–water partition coefficient (Wildman–Crippen LogP) is 2.11. The molecule has 1 aromatic carbocycles. The highest BCUT2D eigenvalue weighted by molar-refractivity contribution is 5.95. The lowest BCUT2D eigenvalue weighted by molar-refractivity contribution is -0.119. The fourth-order valence-corrected chi connectivity index (χ4v) is 2.64. The van der Waals surface area contributed by atoms with E-state index in [-0.39, 0.29) is 5.56 Å². The second-order valence-corrected chi connectivity index (χ2v) is 6.17. The van der Waals surface area contributed by atoms with Crippen LogP contribution < -0.4 is 15.8 Å². The van der Waals surface area contributed by atoms with E-state index in [2.05, 4.69) is 36.0 Å². The van der Waals surface area contributed by atoms with E-state index < -0.39 is 29.9 Å². The molecule has 0 spiro atoms. The van der Waals surface area contributed by atoms with E-state index in [0.29, 0.717) is 11.7 Å². The Balaban J connectivity index is 1.92. The van der Waals surface area contributed by atoms with Crippen molar-refractivity contribution in [1.82, 2.24) is 4.98 Å². The minimum atomic E-state index is -0.877. The van der Waals surface area contributed by atoms with Crippen LogP contribution in [-0.4, -0.2) is 41.2 Å². The van der Waals surface area contributed by atoms with Gasteiger partial charge in [-0.2, -0.15) is 0 Å². The molecule has 1 heterocycles. The normalized spacial score (nSPS) is 10.5. The number of ether oxygens (including phenoxy) is 1. The Hall–Kier alpha value is -3.29. The molecule has 0 aliphatic heterocycles. The number of benzene rings is 1. The molecule has 0 bridgehead atoms. The highest BCUT2D eigenvalue weighted by Gasteiger charge is 2.13. The topological polar surface area (TPSA) is 112 Å². The predicted molar refractivity (Wildman–Crippen MR) is 102 cm³/mol. The van der Waals surface area contributed by atoms with Crippen molar-refractivity contribution < 1.29 is 19.4 Å². The first kappa shape index (κ1) is 20.0. The first-order chi connectivity index (χ1) is 12.8. The molecule has 27 heavy (non-hydrogen) atoms. The number of carbonyl (C=O) groups excluding carboxylic acids is 2. The molecule has 8 nitrogen and oxygen atoms in total. The van der Waals surface area contributed by atoms with E-state index in [1.54, 1.807) is 12.1 Å². The third kappa shape index (κ3) is 5.60. The average molecular weight is 373 g/mol. The standard InChI is InChI=1S/C19H23N3O5/c1-4-22(12(2)3)15-7-5-14(6-8-15)20-18(25)11-27-19(26)13-9-16(23)21-17(24)10-13/h5-10,12H,4,11H2,1-3H3,(H,20,25)(H2,21,23,24). The van der Waals surface area contributed by atoms with Gasteiger partial charge in [0.2, 0.25) is 0 Å². The van der Waals surface area contributed by atoms with E-state index in [1.165, 1.54) is 0 Å². The van der Waals surface area contributed by atoms with Crippen molar-refractivity contribution in [1.29, 1.82) is 0 Å². The van der Waals surface area contributed by atoms with Gasteiger partial charge in [0.1, 0.15) is 0 Å². The second kappa shape index (κ2) is 8.88. The third-order valence-corrected chi connectivity index (χ3v) is 3.85. The Morgan fingerprint density at radius 1 is 1.22 bits per heavy atom. The van der Waals surface area contributed by atoms with Crippen LogP contribution in [0.2, 0.25) is 0 Å². The van der Waals surface area contributed by atoms with Crippen LogP contribution in [0, 0.1) is 0 Å². The van der Waals surface area contributed by atoms with Crippen LogP contribution in [0.1, 0.15) is 31.1 Å². The number of nitrogens with zero attached hydrogens (tertiary/aromatic N) is 1. The Kier molecular flexibility index (Phi) is 6.59. The van der Waals surface area contributed by atoms with Crippen LogP contribution in [-0.2, 0) is 9.53 Å². The van der Waals surface area contributed by atoms with Gasteiger partial charge in [-0.1, -0.05) is 0 Å². The maximum Gasteiger partial charge on any atom is 0.339 e. The van der Waals surface area contributed by atoms with Gasteiger partial charge in [-0.3, -0.25) is 14.6 Å². The number of amides is 1. The van der Waals surface area contributed by atoms with Crippen molar-refractivity contribution in [2.24, 2.45) is 0 Å². The summed E-state index contributed by atoms with van der Waals surface area (Å²) in [5.41, 5.74) is 0.843. The summed E-state index contributed by atoms with van der Waals surface area (Å²) in [6.07, 6.45) is 0. The van der Waals surface area contributed by atoms with Crippen LogP contribution in [0.5, 0.6) is 5.88 Å². The summed E-state index contributed by atoms with van der Waals surface area (Å²) in [4.78, 5) is 39.3. The van der Waals surface area contributed by atoms with Crippen LogP contribution in [0.15, 0.2) is 41.2 Å². The van der Waals surface area contributed by atoms with Crippen molar-refractivity contribution in [3.05, 3.63) is 52.3 Å². The Morgan fingerprint density at radius 2 is 1.89 bits per heavy atom. The van der Waals surface area contributed by atoms with Crippen LogP contribution in [0.3, 0.4) is 0 Å². The van der Waals surface area contributed by atoms with Gasteiger partial charge in [0, 0.05) is 36.1 Å². The Bertz CT molecular complexity index is 858. The van der Waals surface area contributed by atoms with Gasteiger partial charge in [0.25, 0.3) is 11.5 Å². The zero-order valence-electron chi connectivity index (χ0n) is 15.5. The molecule has 0 aliphatic carbocycles. The van der Waals surface area contributed by atoms with Crippen LogP contribution in [0.4, 0.5) is 11.4 Å². The van der Waals surface area contributed by atoms with Crippen LogP contribution in [0.25, 0.3) is 0 Å². The first-order valence-electron chi connectivity index (χ1n) is 8.57. The lowest BCUT2D eigenvalue weighted by Gasteiger charge is -2.27. The van der Waals surface area contributed by atoms with Gasteiger partial charge < -0.3 is 20.1 Å². The minimum Gasteiger partial charge on any atom is -0.494 e. The molecule has 0 aliphatic rings. The molecule has 0 radical (unpaired) electrons. The second-order valence-electron chi connectivity index (χ2n) is 6.17. The Morgan fingerprint density at radius 3 is 2.44 bits per heavy atom. The number of H-pyrrole nitrogens is 1. The van der Waals surface area contributed by atoms with E-state index in [0.717, 1.165) is 24.4 Å². The summed E-state index contributed by atoms with van der Waals surface area (Å²) in [5, 5.41) is 11.9. The van der Waals surface area contributed by atoms with E-state index in [1.807, 2.05) is 12.1 Å². The molecule has 1 amide bonds. The average Bonchev–Trinajstić information content (AvgIpc) is 2.60. The maximum absolute atomic E-state index is 11.9. The summed E-state index contributed by atoms with van der Waals surface area (Å²) in [6, 6.07) is 9.75.